The van der Waals surface area contributed by atoms with Gasteiger partial charge in [-0.3, -0.25) is 0 Å². The van der Waals surface area contributed by atoms with Crippen LogP contribution in [0.2, 0.25) is 0 Å². The van der Waals surface area contributed by atoms with Gasteiger partial charge in [0.2, 0.25) is 10.0 Å². The third kappa shape index (κ3) is 4.36. The molecule has 0 radical (unpaired) electrons. The molecule has 0 bridgehead atoms. The lowest BCUT2D eigenvalue weighted by molar-refractivity contribution is 0.311. The van der Waals surface area contributed by atoms with Gasteiger partial charge in [-0.2, -0.15) is 4.31 Å². The molecular weight excluding hydrogens is 230 g/mol. The minimum Gasteiger partial charge on any atom is -0.409 e. The van der Waals surface area contributed by atoms with Crippen LogP contribution in [-0.2, 0) is 10.0 Å². The van der Waals surface area contributed by atoms with Crippen molar-refractivity contribution in [3.05, 3.63) is 0 Å². The summed E-state index contributed by atoms with van der Waals surface area (Å²) in [5.41, 5.74) is 5.04. The summed E-state index contributed by atoms with van der Waals surface area (Å²) < 4.78 is 25.0. The molecule has 0 aromatic rings. The van der Waals surface area contributed by atoms with E-state index in [0.717, 1.165) is 4.31 Å². The number of oxime groups is 1. The van der Waals surface area contributed by atoms with E-state index in [1.54, 1.807) is 6.92 Å². The number of hydrogen-bond donors (Lipinski definition) is 2. The summed E-state index contributed by atoms with van der Waals surface area (Å²) in [6, 6.07) is -0.655. The minimum atomic E-state index is -3.41. The van der Waals surface area contributed by atoms with Crippen LogP contribution >= 0.6 is 0 Å². The summed E-state index contributed by atoms with van der Waals surface area (Å²) in [4.78, 5) is 0. The van der Waals surface area contributed by atoms with Crippen LogP contribution in [0.5, 0.6) is 0 Å². The van der Waals surface area contributed by atoms with Gasteiger partial charge < -0.3 is 10.9 Å². The van der Waals surface area contributed by atoms with Gasteiger partial charge in [0.05, 0.1) is 11.8 Å². The van der Waals surface area contributed by atoms with Crippen molar-refractivity contribution in [2.45, 2.75) is 33.7 Å². The molecular formula is C9H21N3O3S. The Hall–Kier alpha value is -0.820. The highest BCUT2D eigenvalue weighted by molar-refractivity contribution is 7.89. The number of amidine groups is 1. The Kier molecular flexibility index (Phi) is 4.75. The molecule has 3 N–H and O–H groups in total. The summed E-state index contributed by atoms with van der Waals surface area (Å²) in [6.07, 6.45) is 0. The first kappa shape index (κ1) is 15.2. The highest BCUT2D eigenvalue weighted by atomic mass is 32.2. The normalized spacial score (nSPS) is 16.5. The van der Waals surface area contributed by atoms with Crippen molar-refractivity contribution in [1.82, 2.24) is 4.31 Å². The smallest absolute Gasteiger partial charge is 0.215 e. The Morgan fingerprint density at radius 2 is 1.94 bits per heavy atom. The van der Waals surface area contributed by atoms with Crippen molar-refractivity contribution < 1.29 is 13.6 Å². The molecule has 0 spiro atoms. The average molecular weight is 251 g/mol. The fraction of sp³-hybridized carbons (Fsp3) is 0.889. The monoisotopic (exact) mass is 251 g/mol. The minimum absolute atomic E-state index is 0.0134. The summed E-state index contributed by atoms with van der Waals surface area (Å²) >= 11 is 0. The van der Waals surface area contributed by atoms with Crippen molar-refractivity contribution in [2.75, 3.05) is 12.8 Å². The van der Waals surface area contributed by atoms with Gasteiger partial charge in [0.25, 0.3) is 0 Å². The van der Waals surface area contributed by atoms with Crippen LogP contribution < -0.4 is 5.73 Å². The lowest BCUT2D eigenvalue weighted by Crippen LogP contribution is -2.46. The number of sulfonamides is 1. The van der Waals surface area contributed by atoms with E-state index in [0.29, 0.717) is 0 Å². The Morgan fingerprint density at radius 1 is 1.50 bits per heavy atom. The fourth-order valence-corrected chi connectivity index (χ4v) is 3.05. The molecule has 0 saturated heterocycles. The maximum absolute atomic E-state index is 11.9. The molecule has 96 valence electrons. The third-order valence-corrected chi connectivity index (χ3v) is 4.57. The second-order valence-electron chi connectivity index (χ2n) is 5.03. The quantitative estimate of drug-likeness (QED) is 0.328. The maximum Gasteiger partial charge on any atom is 0.215 e. The Morgan fingerprint density at radius 3 is 2.25 bits per heavy atom. The van der Waals surface area contributed by atoms with Crippen molar-refractivity contribution in [3.63, 3.8) is 0 Å². The molecule has 0 aliphatic rings. The van der Waals surface area contributed by atoms with Gasteiger partial charge in [0.1, 0.15) is 0 Å². The SMILES string of the molecule is CC(C(N)=NO)N(C)S(=O)(=O)CC(C)(C)C. The van der Waals surface area contributed by atoms with Crippen LogP contribution in [0.15, 0.2) is 5.16 Å². The molecule has 1 atom stereocenters. The highest BCUT2D eigenvalue weighted by Crippen LogP contribution is 2.19. The van der Waals surface area contributed by atoms with Gasteiger partial charge in [0.15, 0.2) is 5.84 Å². The Labute approximate surface area is 97.2 Å². The molecule has 0 aliphatic carbocycles. The second kappa shape index (κ2) is 5.01. The fourth-order valence-electron chi connectivity index (χ4n) is 1.16. The van der Waals surface area contributed by atoms with Crippen molar-refractivity contribution in [2.24, 2.45) is 16.3 Å². The Bertz CT molecular complexity index is 357. The molecule has 0 saturated carbocycles. The second-order valence-corrected chi connectivity index (χ2v) is 7.06. The lowest BCUT2D eigenvalue weighted by Gasteiger charge is -2.27. The van der Waals surface area contributed by atoms with E-state index < -0.39 is 16.1 Å². The van der Waals surface area contributed by atoms with Gasteiger partial charge in [-0.05, 0) is 12.3 Å². The standard InChI is InChI=1S/C9H21N3O3S/c1-7(8(10)11-13)12(5)16(14,15)6-9(2,3)4/h7,13H,6H2,1-5H3,(H2,10,11). The van der Waals surface area contributed by atoms with Crippen LogP contribution in [-0.4, -0.2) is 42.6 Å². The summed E-state index contributed by atoms with van der Waals surface area (Å²) in [5, 5.41) is 11.3. The van der Waals surface area contributed by atoms with E-state index in [-0.39, 0.29) is 17.0 Å². The van der Waals surface area contributed by atoms with Gasteiger partial charge in [-0.15, -0.1) is 0 Å². The first-order valence-corrected chi connectivity index (χ1v) is 6.55. The molecule has 1 unspecified atom stereocenters. The number of rotatable bonds is 4. The highest BCUT2D eigenvalue weighted by Gasteiger charge is 2.30. The number of hydrogen-bond acceptors (Lipinski definition) is 4. The topological polar surface area (TPSA) is 96.0 Å². The Balaban J connectivity index is 4.92. The molecule has 0 amide bonds. The van der Waals surface area contributed by atoms with E-state index in [4.69, 9.17) is 10.9 Å². The number of likely N-dealkylation sites (N-methyl/N-ethyl adjacent to an activating group) is 1. The van der Waals surface area contributed by atoms with Crippen molar-refractivity contribution >= 4 is 15.9 Å². The van der Waals surface area contributed by atoms with E-state index in [2.05, 4.69) is 5.16 Å². The molecule has 0 aromatic heterocycles. The van der Waals surface area contributed by atoms with Gasteiger partial charge in [-0.1, -0.05) is 25.9 Å². The lowest BCUT2D eigenvalue weighted by atomic mass is 10.0. The zero-order valence-electron chi connectivity index (χ0n) is 10.4. The first-order valence-electron chi connectivity index (χ1n) is 4.94. The van der Waals surface area contributed by atoms with Crippen molar-refractivity contribution in [1.29, 1.82) is 0 Å². The molecule has 0 aliphatic heterocycles. The maximum atomic E-state index is 11.9. The van der Waals surface area contributed by atoms with E-state index in [9.17, 15) is 8.42 Å². The van der Waals surface area contributed by atoms with Crippen LogP contribution in [0.1, 0.15) is 27.7 Å². The zero-order chi connectivity index (χ0) is 13.1. The van der Waals surface area contributed by atoms with E-state index in [1.165, 1.54) is 7.05 Å². The van der Waals surface area contributed by atoms with Crippen LogP contribution in [0.25, 0.3) is 0 Å². The van der Waals surface area contributed by atoms with Crippen molar-refractivity contribution in [3.8, 4) is 0 Å². The molecule has 0 heterocycles. The van der Waals surface area contributed by atoms with Gasteiger partial charge in [-0.25, -0.2) is 8.42 Å². The molecule has 7 heteroatoms. The first-order chi connectivity index (χ1) is 7.01. The van der Waals surface area contributed by atoms with Crippen LogP contribution in [0.3, 0.4) is 0 Å². The largest absolute Gasteiger partial charge is 0.409 e. The summed E-state index contributed by atoms with van der Waals surface area (Å²) in [7, 11) is -1.99. The molecule has 0 fully saturated rings. The predicted octanol–water partition coefficient (Wildman–Crippen LogP) is 0.429. The average Bonchev–Trinajstić information content (AvgIpc) is 2.10. The van der Waals surface area contributed by atoms with E-state index >= 15 is 0 Å². The van der Waals surface area contributed by atoms with Gasteiger partial charge in [0, 0.05) is 7.05 Å². The third-order valence-electron chi connectivity index (χ3n) is 2.14. The summed E-state index contributed by atoms with van der Waals surface area (Å²) in [5.74, 6) is -0.112. The van der Waals surface area contributed by atoms with Gasteiger partial charge >= 0.3 is 0 Å². The molecule has 0 rings (SSSR count). The number of nitrogens with zero attached hydrogens (tertiary/aromatic N) is 2. The van der Waals surface area contributed by atoms with Crippen LogP contribution in [0.4, 0.5) is 0 Å². The molecule has 16 heavy (non-hydrogen) atoms. The molecule has 6 nitrogen and oxygen atoms in total. The van der Waals surface area contributed by atoms with Crippen LogP contribution in [0, 0.1) is 5.41 Å². The molecule has 0 aromatic carbocycles. The predicted molar refractivity (Wildman–Crippen MR) is 63.9 cm³/mol. The summed E-state index contributed by atoms with van der Waals surface area (Å²) in [6.45, 7) is 7.08. The number of nitrogens with two attached hydrogens (primary N) is 1. The zero-order valence-corrected chi connectivity index (χ0v) is 11.2. The van der Waals surface area contributed by atoms with E-state index in [1.807, 2.05) is 20.8 Å².